The summed E-state index contributed by atoms with van der Waals surface area (Å²) in [7, 11) is 0. The van der Waals surface area contributed by atoms with E-state index in [1.165, 1.54) is 0 Å². The second kappa shape index (κ2) is 6.66. The summed E-state index contributed by atoms with van der Waals surface area (Å²) in [6, 6.07) is -0.122. The van der Waals surface area contributed by atoms with Gasteiger partial charge in [-0.05, 0) is 32.2 Å². The van der Waals surface area contributed by atoms with Crippen LogP contribution in [0.1, 0.15) is 52.4 Å². The highest BCUT2D eigenvalue weighted by atomic mass is 16.2. The molecule has 96 valence electrons. The molecule has 2 atom stereocenters. The smallest absolute Gasteiger partial charge is 0.241 e. The van der Waals surface area contributed by atoms with Crippen LogP contribution in [0.4, 0.5) is 0 Å². The van der Waals surface area contributed by atoms with Gasteiger partial charge in [-0.2, -0.15) is 0 Å². The van der Waals surface area contributed by atoms with Crippen LogP contribution in [0.2, 0.25) is 0 Å². The Labute approximate surface area is 105 Å². The van der Waals surface area contributed by atoms with Gasteiger partial charge in [-0.25, -0.2) is 0 Å². The predicted molar refractivity (Wildman–Crippen MR) is 70.5 cm³/mol. The molecule has 17 heavy (non-hydrogen) atoms. The van der Waals surface area contributed by atoms with Crippen molar-refractivity contribution in [2.24, 2.45) is 0 Å². The van der Waals surface area contributed by atoms with E-state index in [0.717, 1.165) is 45.1 Å². The Bertz CT molecular complexity index is 287. The molecule has 1 aliphatic heterocycles. The van der Waals surface area contributed by atoms with Crippen LogP contribution in [0.5, 0.6) is 0 Å². The molecular weight excluding hydrogens is 212 g/mol. The molecule has 1 aliphatic rings. The van der Waals surface area contributed by atoms with Crippen molar-refractivity contribution in [3.63, 3.8) is 0 Å². The van der Waals surface area contributed by atoms with Crippen LogP contribution in [-0.4, -0.2) is 24.0 Å². The summed E-state index contributed by atoms with van der Waals surface area (Å²) in [6.45, 7) is 5.12. The molecule has 0 aliphatic carbocycles. The van der Waals surface area contributed by atoms with Gasteiger partial charge in [-0.1, -0.05) is 32.6 Å². The summed E-state index contributed by atoms with van der Waals surface area (Å²) in [4.78, 5) is 12.3. The van der Waals surface area contributed by atoms with Gasteiger partial charge in [-0.15, -0.1) is 6.42 Å². The van der Waals surface area contributed by atoms with E-state index in [0.29, 0.717) is 0 Å². The summed E-state index contributed by atoms with van der Waals surface area (Å²) in [6.07, 6.45) is 11.2. The van der Waals surface area contributed by atoms with Crippen molar-refractivity contribution in [2.75, 3.05) is 6.54 Å². The Morgan fingerprint density at radius 2 is 2.29 bits per heavy atom. The first-order chi connectivity index (χ1) is 8.18. The minimum atomic E-state index is -0.364. The summed E-state index contributed by atoms with van der Waals surface area (Å²) >= 11 is 0. The molecule has 0 spiro atoms. The molecule has 1 fully saturated rings. The molecule has 0 aromatic heterocycles. The van der Waals surface area contributed by atoms with Gasteiger partial charge < -0.3 is 10.6 Å². The zero-order valence-electron chi connectivity index (χ0n) is 11.0. The van der Waals surface area contributed by atoms with E-state index in [1.807, 2.05) is 0 Å². The fourth-order valence-electron chi connectivity index (χ4n) is 2.54. The Kier molecular flexibility index (Phi) is 5.50. The van der Waals surface area contributed by atoms with Gasteiger partial charge in [0, 0.05) is 0 Å². The minimum Gasteiger partial charge on any atom is -0.341 e. The molecule has 2 N–H and O–H groups in total. The first kappa shape index (κ1) is 14.1. The number of amides is 1. The summed E-state index contributed by atoms with van der Waals surface area (Å²) in [5, 5.41) is 6.36. The summed E-state index contributed by atoms with van der Waals surface area (Å²) in [5.41, 5.74) is -0.364. The van der Waals surface area contributed by atoms with Crippen LogP contribution in [-0.2, 0) is 4.79 Å². The number of terminal acetylenes is 1. The number of hydrogen-bond donors (Lipinski definition) is 2. The van der Waals surface area contributed by atoms with Crippen molar-refractivity contribution < 1.29 is 4.79 Å². The average Bonchev–Trinajstić information content (AvgIpc) is 2.78. The molecule has 3 nitrogen and oxygen atoms in total. The normalized spacial score (nSPS) is 25.2. The van der Waals surface area contributed by atoms with Crippen LogP contribution < -0.4 is 10.6 Å². The molecule has 1 amide bonds. The fourth-order valence-corrected chi connectivity index (χ4v) is 2.54. The molecule has 0 aromatic carbocycles. The van der Waals surface area contributed by atoms with Gasteiger partial charge in [0.05, 0.1) is 11.6 Å². The Morgan fingerprint density at radius 3 is 2.76 bits per heavy atom. The fraction of sp³-hybridized carbons (Fsp3) is 0.786. The van der Waals surface area contributed by atoms with E-state index >= 15 is 0 Å². The zero-order valence-corrected chi connectivity index (χ0v) is 11.0. The van der Waals surface area contributed by atoms with Crippen molar-refractivity contribution >= 4 is 5.91 Å². The number of hydrogen-bond acceptors (Lipinski definition) is 2. The lowest BCUT2D eigenvalue weighted by atomic mass is 9.90. The molecule has 2 unspecified atom stereocenters. The zero-order chi connectivity index (χ0) is 12.7. The Morgan fingerprint density at radius 1 is 1.53 bits per heavy atom. The topological polar surface area (TPSA) is 41.1 Å². The van der Waals surface area contributed by atoms with E-state index in [9.17, 15) is 4.79 Å². The third kappa shape index (κ3) is 3.47. The first-order valence-corrected chi connectivity index (χ1v) is 6.70. The van der Waals surface area contributed by atoms with Gasteiger partial charge in [0.2, 0.25) is 5.91 Å². The minimum absolute atomic E-state index is 0.0910. The molecule has 0 radical (unpaired) electrons. The van der Waals surface area contributed by atoms with E-state index < -0.39 is 0 Å². The number of nitrogens with one attached hydrogen (secondary N) is 2. The van der Waals surface area contributed by atoms with E-state index in [1.54, 1.807) is 0 Å². The van der Waals surface area contributed by atoms with Gasteiger partial charge in [0.25, 0.3) is 0 Å². The highest BCUT2D eigenvalue weighted by Crippen LogP contribution is 2.25. The maximum Gasteiger partial charge on any atom is 0.241 e. The van der Waals surface area contributed by atoms with Crippen molar-refractivity contribution in [3.8, 4) is 12.3 Å². The van der Waals surface area contributed by atoms with Crippen LogP contribution in [0.3, 0.4) is 0 Å². The van der Waals surface area contributed by atoms with Crippen LogP contribution in [0.25, 0.3) is 0 Å². The predicted octanol–water partition coefficient (Wildman–Crippen LogP) is 1.83. The number of rotatable bonds is 6. The molecule has 1 saturated heterocycles. The highest BCUT2D eigenvalue weighted by molar-refractivity contribution is 5.87. The van der Waals surface area contributed by atoms with Crippen molar-refractivity contribution in [1.82, 2.24) is 10.6 Å². The number of carbonyl (C=O) groups is 1. The maximum absolute atomic E-state index is 12.3. The van der Waals surface area contributed by atoms with E-state index in [-0.39, 0.29) is 17.5 Å². The molecule has 0 aromatic rings. The third-order valence-electron chi connectivity index (χ3n) is 3.44. The maximum atomic E-state index is 12.3. The lowest BCUT2D eigenvalue weighted by Crippen LogP contribution is -2.55. The summed E-state index contributed by atoms with van der Waals surface area (Å²) < 4.78 is 0. The lowest BCUT2D eigenvalue weighted by Gasteiger charge is -2.29. The largest absolute Gasteiger partial charge is 0.341 e. The summed E-state index contributed by atoms with van der Waals surface area (Å²) in [5.74, 6) is 2.75. The van der Waals surface area contributed by atoms with E-state index in [2.05, 4.69) is 30.4 Å². The molecule has 0 saturated carbocycles. The number of carbonyl (C=O) groups excluding carboxylic acids is 1. The van der Waals surface area contributed by atoms with Gasteiger partial charge in [0.15, 0.2) is 0 Å². The molecular formula is C14H24N2O. The lowest BCUT2D eigenvalue weighted by molar-refractivity contribution is -0.127. The standard InChI is InChI=1S/C14H24N2O/c1-4-8-12(6-3)16-13(17)14(9-5-2)10-7-11-15-14/h3,12,15H,4-5,7-11H2,1-2H3,(H,16,17). The van der Waals surface area contributed by atoms with Gasteiger partial charge in [-0.3, -0.25) is 4.79 Å². The Balaban J connectivity index is 2.62. The monoisotopic (exact) mass is 236 g/mol. The van der Waals surface area contributed by atoms with Crippen molar-refractivity contribution in [3.05, 3.63) is 0 Å². The molecule has 1 rings (SSSR count). The van der Waals surface area contributed by atoms with Crippen LogP contribution in [0.15, 0.2) is 0 Å². The van der Waals surface area contributed by atoms with Gasteiger partial charge in [0.1, 0.15) is 0 Å². The highest BCUT2D eigenvalue weighted by Gasteiger charge is 2.40. The molecule has 0 bridgehead atoms. The molecule has 1 heterocycles. The van der Waals surface area contributed by atoms with Crippen LogP contribution >= 0.6 is 0 Å². The Hall–Kier alpha value is -1.01. The first-order valence-electron chi connectivity index (χ1n) is 6.70. The quantitative estimate of drug-likeness (QED) is 0.691. The average molecular weight is 236 g/mol. The van der Waals surface area contributed by atoms with E-state index in [4.69, 9.17) is 6.42 Å². The second-order valence-corrected chi connectivity index (χ2v) is 4.84. The SMILES string of the molecule is C#CC(CCC)NC(=O)C1(CCC)CCCN1. The van der Waals surface area contributed by atoms with Crippen LogP contribution in [0, 0.1) is 12.3 Å². The molecule has 3 heteroatoms. The second-order valence-electron chi connectivity index (χ2n) is 4.84. The van der Waals surface area contributed by atoms with Crippen molar-refractivity contribution in [1.29, 1.82) is 0 Å². The van der Waals surface area contributed by atoms with Crippen molar-refractivity contribution in [2.45, 2.75) is 64.0 Å². The van der Waals surface area contributed by atoms with Gasteiger partial charge >= 0.3 is 0 Å². The third-order valence-corrected chi connectivity index (χ3v) is 3.44.